The van der Waals surface area contributed by atoms with Gasteiger partial charge >= 0.3 is 0 Å². The number of carbonyl (C=O) groups excluding carboxylic acids is 1. The van der Waals surface area contributed by atoms with E-state index in [4.69, 9.17) is 0 Å². The number of carbonyl (C=O) groups is 1. The van der Waals surface area contributed by atoms with Gasteiger partial charge in [0, 0.05) is 0 Å². The zero-order valence-electron chi connectivity index (χ0n) is 16.8. The van der Waals surface area contributed by atoms with Gasteiger partial charge in [-0.2, -0.15) is 0 Å². The van der Waals surface area contributed by atoms with Gasteiger partial charge in [-0.3, -0.25) is 9.10 Å². The first kappa shape index (κ1) is 21.0. The van der Waals surface area contributed by atoms with Crippen LogP contribution in [0.3, 0.4) is 0 Å². The number of nitrogens with zero attached hydrogens (tertiary/aromatic N) is 1. The summed E-state index contributed by atoms with van der Waals surface area (Å²) in [5, 5.41) is 2.92. The number of aryl methyl sites for hydroxylation is 3. The maximum Gasteiger partial charge on any atom is 0.241 e. The van der Waals surface area contributed by atoms with Gasteiger partial charge in [0.25, 0.3) is 0 Å². The van der Waals surface area contributed by atoms with Crippen molar-refractivity contribution in [2.45, 2.75) is 40.7 Å². The van der Waals surface area contributed by atoms with E-state index in [0.717, 1.165) is 34.1 Å². The summed E-state index contributed by atoms with van der Waals surface area (Å²) >= 11 is 0. The average molecular weight is 389 g/mol. The molecule has 2 aromatic carbocycles. The third-order valence-corrected chi connectivity index (χ3v) is 5.93. The molecule has 0 unspecified atom stereocenters. The summed E-state index contributed by atoms with van der Waals surface area (Å²) in [6, 6.07) is 11.3. The molecule has 1 amide bonds. The Hall–Kier alpha value is -2.34. The highest BCUT2D eigenvalue weighted by molar-refractivity contribution is 7.92. The minimum atomic E-state index is -3.59. The fourth-order valence-electron chi connectivity index (χ4n) is 3.19. The van der Waals surface area contributed by atoms with Crippen LogP contribution in [-0.4, -0.2) is 27.1 Å². The monoisotopic (exact) mass is 388 g/mol. The molecule has 0 radical (unpaired) electrons. The number of sulfonamides is 1. The molecule has 27 heavy (non-hydrogen) atoms. The van der Waals surface area contributed by atoms with Crippen LogP contribution in [0.1, 0.15) is 40.8 Å². The molecule has 0 spiro atoms. The molecule has 0 aliphatic rings. The molecule has 6 heteroatoms. The first-order chi connectivity index (χ1) is 12.5. The van der Waals surface area contributed by atoms with Gasteiger partial charge in [-0.25, -0.2) is 8.42 Å². The lowest BCUT2D eigenvalue weighted by Crippen LogP contribution is -2.41. The Morgan fingerprint density at radius 3 is 2.33 bits per heavy atom. The minimum absolute atomic E-state index is 0.210. The zero-order valence-corrected chi connectivity index (χ0v) is 17.6. The fraction of sp³-hybridized carbons (Fsp3) is 0.381. The second kappa shape index (κ2) is 8.13. The van der Waals surface area contributed by atoms with E-state index in [1.807, 2.05) is 52.8 Å². The predicted octanol–water partition coefficient (Wildman–Crippen LogP) is 3.56. The molecule has 0 saturated heterocycles. The maximum absolute atomic E-state index is 12.6. The van der Waals surface area contributed by atoms with Gasteiger partial charge in [0.1, 0.15) is 6.54 Å². The number of hydrogen-bond acceptors (Lipinski definition) is 3. The second-order valence-corrected chi connectivity index (χ2v) is 9.04. The molecule has 2 aromatic rings. The summed E-state index contributed by atoms with van der Waals surface area (Å²) in [4.78, 5) is 12.6. The van der Waals surface area contributed by atoms with Crippen LogP contribution in [0, 0.1) is 27.7 Å². The summed E-state index contributed by atoms with van der Waals surface area (Å²) in [5.41, 5.74) is 5.63. The summed E-state index contributed by atoms with van der Waals surface area (Å²) in [6.45, 7) is 9.45. The smallest absolute Gasteiger partial charge is 0.241 e. The van der Waals surface area contributed by atoms with Crippen molar-refractivity contribution in [2.24, 2.45) is 0 Å². The van der Waals surface area contributed by atoms with E-state index in [9.17, 15) is 13.2 Å². The molecular formula is C21H28N2O3S. The van der Waals surface area contributed by atoms with Crippen molar-refractivity contribution >= 4 is 21.6 Å². The van der Waals surface area contributed by atoms with Gasteiger partial charge in [0.05, 0.1) is 18.0 Å². The van der Waals surface area contributed by atoms with Gasteiger partial charge < -0.3 is 5.32 Å². The van der Waals surface area contributed by atoms with Crippen molar-refractivity contribution < 1.29 is 13.2 Å². The Morgan fingerprint density at radius 2 is 1.74 bits per heavy atom. The second-order valence-electron chi connectivity index (χ2n) is 7.14. The minimum Gasteiger partial charge on any atom is -0.348 e. The van der Waals surface area contributed by atoms with E-state index in [0.29, 0.717) is 5.69 Å². The van der Waals surface area contributed by atoms with Gasteiger partial charge in [-0.05, 0) is 62.9 Å². The third-order valence-electron chi connectivity index (χ3n) is 4.80. The summed E-state index contributed by atoms with van der Waals surface area (Å²) < 4.78 is 25.8. The Kier molecular flexibility index (Phi) is 6.31. The highest BCUT2D eigenvalue weighted by atomic mass is 32.2. The van der Waals surface area contributed by atoms with Crippen molar-refractivity contribution in [2.75, 3.05) is 17.1 Å². The average Bonchev–Trinajstić information content (AvgIpc) is 2.54. The van der Waals surface area contributed by atoms with E-state index in [1.54, 1.807) is 12.1 Å². The Labute approximate surface area is 162 Å². The highest BCUT2D eigenvalue weighted by Gasteiger charge is 2.23. The van der Waals surface area contributed by atoms with Crippen LogP contribution in [0.25, 0.3) is 0 Å². The van der Waals surface area contributed by atoms with Gasteiger partial charge in [-0.15, -0.1) is 0 Å². The van der Waals surface area contributed by atoms with Crippen LogP contribution in [0.5, 0.6) is 0 Å². The van der Waals surface area contributed by atoms with E-state index in [1.165, 1.54) is 4.31 Å². The lowest BCUT2D eigenvalue weighted by atomic mass is 10.0. The summed E-state index contributed by atoms with van der Waals surface area (Å²) in [6.07, 6.45) is 1.12. The van der Waals surface area contributed by atoms with Crippen LogP contribution in [0.15, 0.2) is 36.4 Å². The van der Waals surface area contributed by atoms with E-state index in [2.05, 4.69) is 11.4 Å². The van der Waals surface area contributed by atoms with Crippen molar-refractivity contribution in [3.8, 4) is 0 Å². The summed E-state index contributed by atoms with van der Waals surface area (Å²) in [5.74, 6) is -0.339. The van der Waals surface area contributed by atoms with Crippen molar-refractivity contribution in [3.05, 3.63) is 64.2 Å². The molecule has 2 rings (SSSR count). The Balaban J connectivity index is 2.23. The maximum atomic E-state index is 12.6. The number of nitrogens with one attached hydrogen (secondary N) is 1. The molecular weight excluding hydrogens is 360 g/mol. The Bertz CT molecular complexity index is 952. The SMILES string of the molecule is Cc1ccc([C@@H](C)NC(=O)CN(c2cccc(C)c2C)S(C)(=O)=O)c(C)c1. The number of rotatable bonds is 6. The molecule has 0 aromatic heterocycles. The molecule has 0 aliphatic carbocycles. The zero-order chi connectivity index (χ0) is 20.4. The van der Waals surface area contributed by atoms with Crippen LogP contribution < -0.4 is 9.62 Å². The van der Waals surface area contributed by atoms with Gasteiger partial charge in [0.2, 0.25) is 15.9 Å². The van der Waals surface area contributed by atoms with Crippen molar-refractivity contribution in [1.29, 1.82) is 0 Å². The van der Waals surface area contributed by atoms with Crippen molar-refractivity contribution in [1.82, 2.24) is 5.32 Å². The molecule has 0 saturated carbocycles. The molecule has 0 heterocycles. The standard InChI is InChI=1S/C21H28N2O3S/c1-14-10-11-19(16(3)12-14)18(5)22-21(24)13-23(27(6,25)26)20-9-7-8-15(2)17(20)4/h7-12,18H,13H2,1-6H3,(H,22,24)/t18-/m1/s1. The van der Waals surface area contributed by atoms with Crippen LogP contribution >= 0.6 is 0 Å². The van der Waals surface area contributed by atoms with Crippen molar-refractivity contribution in [3.63, 3.8) is 0 Å². The number of amides is 1. The lowest BCUT2D eigenvalue weighted by molar-refractivity contribution is -0.120. The number of benzene rings is 2. The normalized spacial score (nSPS) is 12.5. The molecule has 146 valence electrons. The van der Waals surface area contributed by atoms with Crippen LogP contribution in [0.4, 0.5) is 5.69 Å². The van der Waals surface area contributed by atoms with Gasteiger partial charge in [-0.1, -0.05) is 35.9 Å². The molecule has 5 nitrogen and oxygen atoms in total. The topological polar surface area (TPSA) is 66.5 Å². The van der Waals surface area contributed by atoms with Crippen LogP contribution in [0.2, 0.25) is 0 Å². The third kappa shape index (κ3) is 5.10. The lowest BCUT2D eigenvalue weighted by Gasteiger charge is -2.25. The molecule has 0 aliphatic heterocycles. The van der Waals surface area contributed by atoms with Crippen LogP contribution in [-0.2, 0) is 14.8 Å². The molecule has 1 N–H and O–H groups in total. The molecule has 1 atom stereocenters. The number of anilines is 1. The van der Waals surface area contributed by atoms with E-state index in [-0.39, 0.29) is 18.5 Å². The van der Waals surface area contributed by atoms with Gasteiger partial charge in [0.15, 0.2) is 0 Å². The Morgan fingerprint density at radius 1 is 1.07 bits per heavy atom. The van der Waals surface area contributed by atoms with E-state index < -0.39 is 10.0 Å². The first-order valence-corrected chi connectivity index (χ1v) is 10.8. The van der Waals surface area contributed by atoms with E-state index >= 15 is 0 Å². The molecule has 0 fully saturated rings. The number of hydrogen-bond donors (Lipinski definition) is 1. The fourth-order valence-corrected chi connectivity index (χ4v) is 4.10. The quantitative estimate of drug-likeness (QED) is 0.823. The highest BCUT2D eigenvalue weighted by Crippen LogP contribution is 2.25. The first-order valence-electron chi connectivity index (χ1n) is 8.91. The predicted molar refractivity (Wildman–Crippen MR) is 111 cm³/mol. The molecule has 0 bridgehead atoms. The largest absolute Gasteiger partial charge is 0.348 e. The summed E-state index contributed by atoms with van der Waals surface area (Å²) in [7, 11) is -3.59.